The minimum atomic E-state index is -0.855. The molecule has 2 N–H and O–H groups in total. The Balaban J connectivity index is 2.12. The smallest absolute Gasteiger partial charge is 0.306 e. The number of likely N-dealkylation sites (tertiary alicyclic amines) is 1. The van der Waals surface area contributed by atoms with Gasteiger partial charge < -0.3 is 15.0 Å². The molecular weight excluding hydrogens is 260 g/mol. The van der Waals surface area contributed by atoms with Crippen molar-refractivity contribution in [3.8, 4) is 0 Å². The van der Waals surface area contributed by atoms with E-state index in [9.17, 15) is 14.4 Å². The van der Waals surface area contributed by atoms with Gasteiger partial charge >= 0.3 is 5.97 Å². The van der Waals surface area contributed by atoms with Crippen LogP contribution in [0.4, 0.5) is 0 Å². The van der Waals surface area contributed by atoms with E-state index in [4.69, 9.17) is 5.11 Å². The summed E-state index contributed by atoms with van der Waals surface area (Å²) in [5.41, 5.74) is 1.12. The van der Waals surface area contributed by atoms with E-state index >= 15 is 0 Å². The van der Waals surface area contributed by atoms with Crippen LogP contribution in [0.15, 0.2) is 10.9 Å². The number of carbonyl (C=O) groups is 2. The molecule has 2 heterocycles. The summed E-state index contributed by atoms with van der Waals surface area (Å²) >= 11 is 0. The largest absolute Gasteiger partial charge is 0.481 e. The topological polar surface area (TPSA) is 90.5 Å². The number of H-pyrrole nitrogens is 1. The minimum Gasteiger partial charge on any atom is -0.481 e. The van der Waals surface area contributed by atoms with Gasteiger partial charge in [0.05, 0.1) is 5.92 Å². The van der Waals surface area contributed by atoms with Gasteiger partial charge in [-0.15, -0.1) is 0 Å². The molecule has 1 amide bonds. The van der Waals surface area contributed by atoms with Crippen LogP contribution in [-0.2, 0) is 4.79 Å². The van der Waals surface area contributed by atoms with Crippen molar-refractivity contribution < 1.29 is 14.7 Å². The molecule has 0 bridgehead atoms. The van der Waals surface area contributed by atoms with Gasteiger partial charge in [-0.05, 0) is 25.5 Å². The molecule has 1 aliphatic rings. The monoisotopic (exact) mass is 278 g/mol. The second kappa shape index (κ2) is 5.11. The standard InChI is InChI=1S/C14H18N2O4/c1-7-4-8(2)15-12(17)11(7)13(18)16-5-10(6-16)9(3)14(19)20/h4,9-10H,5-6H2,1-3H3,(H,15,17)(H,19,20). The number of carboxylic acid groups (broad SMARTS) is 1. The second-order valence-corrected chi connectivity index (χ2v) is 5.44. The molecule has 1 aromatic heterocycles. The first-order valence-electron chi connectivity index (χ1n) is 6.54. The van der Waals surface area contributed by atoms with Gasteiger partial charge in [-0.3, -0.25) is 14.4 Å². The Labute approximate surface area is 116 Å². The Kier molecular flexibility index (Phi) is 3.65. The third-order valence-corrected chi connectivity index (χ3v) is 3.87. The summed E-state index contributed by atoms with van der Waals surface area (Å²) in [6, 6.07) is 1.76. The summed E-state index contributed by atoms with van der Waals surface area (Å²) in [7, 11) is 0. The third kappa shape index (κ3) is 2.45. The van der Waals surface area contributed by atoms with Gasteiger partial charge in [0.15, 0.2) is 0 Å². The molecule has 1 atom stereocenters. The first-order chi connectivity index (χ1) is 9.31. The summed E-state index contributed by atoms with van der Waals surface area (Å²) < 4.78 is 0. The van der Waals surface area contributed by atoms with Gasteiger partial charge in [-0.2, -0.15) is 0 Å². The van der Waals surface area contributed by atoms with Crippen molar-refractivity contribution in [2.45, 2.75) is 20.8 Å². The number of carboxylic acids is 1. The Hall–Kier alpha value is -2.11. The van der Waals surface area contributed by atoms with Gasteiger partial charge in [0.2, 0.25) is 0 Å². The molecule has 0 radical (unpaired) electrons. The van der Waals surface area contributed by atoms with Gasteiger partial charge in [-0.25, -0.2) is 0 Å². The van der Waals surface area contributed by atoms with Crippen LogP contribution < -0.4 is 5.56 Å². The zero-order valence-corrected chi connectivity index (χ0v) is 11.8. The van der Waals surface area contributed by atoms with Crippen molar-refractivity contribution in [1.29, 1.82) is 0 Å². The highest BCUT2D eigenvalue weighted by atomic mass is 16.4. The number of nitrogens with zero attached hydrogens (tertiary/aromatic N) is 1. The van der Waals surface area contributed by atoms with Crippen LogP contribution in [0.25, 0.3) is 0 Å². The molecule has 108 valence electrons. The van der Waals surface area contributed by atoms with Crippen LogP contribution in [0.3, 0.4) is 0 Å². The number of rotatable bonds is 3. The third-order valence-electron chi connectivity index (χ3n) is 3.87. The summed E-state index contributed by atoms with van der Waals surface area (Å²) in [5.74, 6) is -1.69. The van der Waals surface area contributed by atoms with E-state index in [0.717, 1.165) is 0 Å². The number of aliphatic carboxylic acids is 1. The van der Waals surface area contributed by atoms with Crippen LogP contribution >= 0.6 is 0 Å². The molecule has 1 aliphatic heterocycles. The van der Waals surface area contributed by atoms with Crippen molar-refractivity contribution in [3.63, 3.8) is 0 Å². The van der Waals surface area contributed by atoms with Crippen LogP contribution in [0.1, 0.15) is 28.5 Å². The number of aromatic amines is 1. The first-order valence-corrected chi connectivity index (χ1v) is 6.54. The zero-order chi connectivity index (χ0) is 15.0. The number of aromatic nitrogens is 1. The molecular formula is C14H18N2O4. The Bertz CT molecular complexity index is 614. The van der Waals surface area contributed by atoms with E-state index in [1.807, 2.05) is 0 Å². The van der Waals surface area contributed by atoms with Gasteiger partial charge in [-0.1, -0.05) is 6.92 Å². The molecule has 6 heteroatoms. The average molecular weight is 278 g/mol. The fourth-order valence-corrected chi connectivity index (χ4v) is 2.47. The van der Waals surface area contributed by atoms with Crippen LogP contribution in [0, 0.1) is 25.7 Å². The Morgan fingerprint density at radius 3 is 2.50 bits per heavy atom. The molecule has 1 saturated heterocycles. The fourth-order valence-electron chi connectivity index (χ4n) is 2.47. The van der Waals surface area contributed by atoms with Crippen molar-refractivity contribution in [3.05, 3.63) is 33.2 Å². The molecule has 1 unspecified atom stereocenters. The van der Waals surface area contributed by atoms with E-state index in [0.29, 0.717) is 24.3 Å². The number of hydrogen-bond acceptors (Lipinski definition) is 3. The molecule has 0 aliphatic carbocycles. The van der Waals surface area contributed by atoms with Crippen LogP contribution in [0.2, 0.25) is 0 Å². The van der Waals surface area contributed by atoms with Gasteiger partial charge in [0, 0.05) is 24.7 Å². The normalized spacial score (nSPS) is 16.6. The number of nitrogens with one attached hydrogen (secondary N) is 1. The minimum absolute atomic E-state index is 0.0405. The molecule has 0 aromatic carbocycles. The highest BCUT2D eigenvalue weighted by Crippen LogP contribution is 2.25. The van der Waals surface area contributed by atoms with E-state index in [-0.39, 0.29) is 22.9 Å². The Morgan fingerprint density at radius 1 is 1.40 bits per heavy atom. The van der Waals surface area contributed by atoms with Crippen molar-refractivity contribution in [2.24, 2.45) is 11.8 Å². The quantitative estimate of drug-likeness (QED) is 0.855. The second-order valence-electron chi connectivity index (χ2n) is 5.44. The summed E-state index contributed by atoms with van der Waals surface area (Å²) in [5, 5.41) is 8.92. The number of carbonyl (C=O) groups excluding carboxylic acids is 1. The predicted molar refractivity (Wildman–Crippen MR) is 72.7 cm³/mol. The van der Waals surface area contributed by atoms with E-state index in [1.165, 1.54) is 4.90 Å². The summed E-state index contributed by atoms with van der Waals surface area (Å²) in [4.78, 5) is 39.2. The molecule has 0 saturated carbocycles. The highest BCUT2D eigenvalue weighted by Gasteiger charge is 2.38. The maximum absolute atomic E-state index is 12.3. The number of hydrogen-bond donors (Lipinski definition) is 2. The van der Waals surface area contributed by atoms with E-state index in [2.05, 4.69) is 4.98 Å². The maximum atomic E-state index is 12.3. The van der Waals surface area contributed by atoms with Gasteiger partial charge in [0.1, 0.15) is 5.56 Å². The van der Waals surface area contributed by atoms with E-state index in [1.54, 1.807) is 26.8 Å². The lowest BCUT2D eigenvalue weighted by Crippen LogP contribution is -2.54. The predicted octanol–water partition coefficient (Wildman–Crippen LogP) is 0.784. The van der Waals surface area contributed by atoms with Crippen molar-refractivity contribution >= 4 is 11.9 Å². The zero-order valence-electron chi connectivity index (χ0n) is 11.8. The first kappa shape index (κ1) is 14.3. The molecule has 0 spiro atoms. The average Bonchev–Trinajstić information content (AvgIpc) is 2.24. The highest BCUT2D eigenvalue weighted by molar-refractivity contribution is 5.95. The molecule has 20 heavy (non-hydrogen) atoms. The number of amides is 1. The lowest BCUT2D eigenvalue weighted by molar-refractivity contribution is -0.144. The van der Waals surface area contributed by atoms with E-state index < -0.39 is 11.9 Å². The SMILES string of the molecule is Cc1cc(C)c(C(=O)N2CC(C(C)C(=O)O)C2)c(=O)[nH]1. The Morgan fingerprint density at radius 2 is 2.00 bits per heavy atom. The number of aryl methyl sites for hydroxylation is 2. The maximum Gasteiger partial charge on any atom is 0.306 e. The lowest BCUT2D eigenvalue weighted by Gasteiger charge is -2.41. The van der Waals surface area contributed by atoms with Crippen LogP contribution in [0.5, 0.6) is 0 Å². The van der Waals surface area contributed by atoms with Crippen molar-refractivity contribution in [1.82, 2.24) is 9.88 Å². The molecule has 6 nitrogen and oxygen atoms in total. The van der Waals surface area contributed by atoms with Gasteiger partial charge in [0.25, 0.3) is 11.5 Å². The van der Waals surface area contributed by atoms with Crippen LogP contribution in [-0.4, -0.2) is 40.0 Å². The van der Waals surface area contributed by atoms with Crippen molar-refractivity contribution in [2.75, 3.05) is 13.1 Å². The molecule has 1 aromatic rings. The summed E-state index contributed by atoms with van der Waals surface area (Å²) in [6.07, 6.45) is 0. The molecule has 1 fully saturated rings. The molecule has 2 rings (SSSR count). The number of pyridine rings is 1. The summed E-state index contributed by atoms with van der Waals surface area (Å²) in [6.45, 7) is 5.90. The fraction of sp³-hybridized carbons (Fsp3) is 0.500. The lowest BCUT2D eigenvalue weighted by atomic mass is 9.86.